The summed E-state index contributed by atoms with van der Waals surface area (Å²) in [6, 6.07) is 0.778. The van der Waals surface area contributed by atoms with Gasteiger partial charge in [-0.05, 0) is 75.4 Å². The number of rotatable bonds is 6. The van der Waals surface area contributed by atoms with Gasteiger partial charge < -0.3 is 10.2 Å². The Bertz CT molecular complexity index is 281. The summed E-state index contributed by atoms with van der Waals surface area (Å²) in [6.07, 6.45) is 8.53. The van der Waals surface area contributed by atoms with E-state index in [1.165, 1.54) is 58.2 Å². The number of nitrogens with zero attached hydrogens (tertiary/aromatic N) is 1. The van der Waals surface area contributed by atoms with Crippen molar-refractivity contribution in [1.29, 1.82) is 0 Å². The molecule has 0 aromatic carbocycles. The maximum absolute atomic E-state index is 3.77. The Morgan fingerprint density at radius 1 is 1.05 bits per heavy atom. The molecular weight excluding hydrogens is 256 g/mol. The van der Waals surface area contributed by atoms with Gasteiger partial charge in [0, 0.05) is 12.6 Å². The maximum atomic E-state index is 3.77. The molecule has 124 valence electrons. The van der Waals surface area contributed by atoms with Gasteiger partial charge in [0.2, 0.25) is 0 Å². The Morgan fingerprint density at radius 3 is 2.33 bits per heavy atom. The first-order valence-electron chi connectivity index (χ1n) is 9.59. The van der Waals surface area contributed by atoms with Crippen LogP contribution < -0.4 is 5.32 Å². The van der Waals surface area contributed by atoms with Crippen molar-refractivity contribution in [2.45, 2.75) is 72.3 Å². The van der Waals surface area contributed by atoms with Gasteiger partial charge in [-0.2, -0.15) is 0 Å². The predicted octanol–water partition coefficient (Wildman–Crippen LogP) is 4.16. The summed E-state index contributed by atoms with van der Waals surface area (Å²) in [5, 5.41) is 3.77. The molecule has 1 aliphatic heterocycles. The van der Waals surface area contributed by atoms with Crippen LogP contribution in [-0.2, 0) is 0 Å². The molecule has 1 saturated heterocycles. The molecule has 0 amide bonds. The quantitative estimate of drug-likeness (QED) is 0.791. The largest absolute Gasteiger partial charge is 0.314 e. The first-order valence-corrected chi connectivity index (χ1v) is 9.59. The summed E-state index contributed by atoms with van der Waals surface area (Å²) in [7, 11) is 0. The van der Waals surface area contributed by atoms with E-state index in [1.54, 1.807) is 0 Å². The highest BCUT2D eigenvalue weighted by molar-refractivity contribution is 4.87. The molecule has 2 fully saturated rings. The highest BCUT2D eigenvalue weighted by atomic mass is 15.1. The number of piperidine rings is 1. The van der Waals surface area contributed by atoms with Gasteiger partial charge in [0.25, 0.3) is 0 Å². The maximum Gasteiger partial charge on any atom is 0.0108 e. The summed E-state index contributed by atoms with van der Waals surface area (Å²) in [5.74, 6) is 3.72. The summed E-state index contributed by atoms with van der Waals surface area (Å²) < 4.78 is 0. The van der Waals surface area contributed by atoms with Crippen molar-refractivity contribution in [1.82, 2.24) is 10.2 Å². The molecule has 0 aromatic rings. The zero-order chi connectivity index (χ0) is 15.2. The molecule has 1 saturated carbocycles. The third kappa shape index (κ3) is 4.96. The molecule has 0 bridgehead atoms. The number of nitrogens with one attached hydrogen (secondary N) is 1. The van der Waals surface area contributed by atoms with Crippen LogP contribution >= 0.6 is 0 Å². The smallest absolute Gasteiger partial charge is 0.0108 e. The molecule has 3 unspecified atom stereocenters. The average molecular weight is 295 g/mol. The topological polar surface area (TPSA) is 15.3 Å². The van der Waals surface area contributed by atoms with Crippen molar-refractivity contribution in [2.24, 2.45) is 23.7 Å². The monoisotopic (exact) mass is 294 g/mol. The van der Waals surface area contributed by atoms with Crippen molar-refractivity contribution in [3.8, 4) is 0 Å². The fraction of sp³-hybridized carbons (Fsp3) is 1.00. The van der Waals surface area contributed by atoms with E-state index in [2.05, 4.69) is 37.9 Å². The minimum atomic E-state index is 0.778. The Balaban J connectivity index is 1.83. The van der Waals surface area contributed by atoms with Crippen LogP contribution in [0.25, 0.3) is 0 Å². The molecule has 2 aliphatic rings. The molecule has 0 aromatic heterocycles. The van der Waals surface area contributed by atoms with Crippen molar-refractivity contribution in [3.05, 3.63) is 0 Å². The molecule has 0 spiro atoms. The Labute approximate surface area is 133 Å². The van der Waals surface area contributed by atoms with Crippen LogP contribution in [0.4, 0.5) is 0 Å². The van der Waals surface area contributed by atoms with E-state index in [1.807, 2.05) is 0 Å². The third-order valence-electron chi connectivity index (χ3n) is 6.20. The van der Waals surface area contributed by atoms with Crippen LogP contribution in [-0.4, -0.2) is 37.1 Å². The number of likely N-dealkylation sites (tertiary alicyclic amines) is 1. The zero-order valence-corrected chi connectivity index (χ0v) is 14.9. The minimum absolute atomic E-state index is 0.778. The SMILES string of the molecule is CCNC1CCC(CC)CC1CN1CCC(C(C)C)CC1. The number of hydrogen-bond acceptors (Lipinski definition) is 2. The van der Waals surface area contributed by atoms with Gasteiger partial charge in [0.1, 0.15) is 0 Å². The summed E-state index contributed by atoms with van der Waals surface area (Å²) >= 11 is 0. The molecule has 1 N–H and O–H groups in total. The van der Waals surface area contributed by atoms with Gasteiger partial charge in [-0.15, -0.1) is 0 Å². The van der Waals surface area contributed by atoms with E-state index < -0.39 is 0 Å². The number of hydrogen-bond donors (Lipinski definition) is 1. The molecule has 1 aliphatic carbocycles. The van der Waals surface area contributed by atoms with E-state index in [-0.39, 0.29) is 0 Å². The van der Waals surface area contributed by atoms with Gasteiger partial charge in [-0.25, -0.2) is 0 Å². The average Bonchev–Trinajstić information content (AvgIpc) is 2.49. The highest BCUT2D eigenvalue weighted by Crippen LogP contribution is 2.33. The minimum Gasteiger partial charge on any atom is -0.314 e. The lowest BCUT2D eigenvalue weighted by atomic mass is 9.76. The van der Waals surface area contributed by atoms with Crippen LogP contribution in [0.3, 0.4) is 0 Å². The standard InChI is InChI=1S/C19H38N2/c1-5-16-7-8-19(20-6-2)18(13-16)14-21-11-9-17(10-12-21)15(3)4/h15-20H,5-14H2,1-4H3. The fourth-order valence-electron chi connectivity index (χ4n) is 4.60. The lowest BCUT2D eigenvalue weighted by molar-refractivity contribution is 0.100. The fourth-order valence-corrected chi connectivity index (χ4v) is 4.60. The Morgan fingerprint density at radius 2 is 1.76 bits per heavy atom. The van der Waals surface area contributed by atoms with Crippen LogP contribution in [0.1, 0.15) is 66.2 Å². The van der Waals surface area contributed by atoms with E-state index in [9.17, 15) is 0 Å². The molecule has 2 heteroatoms. The van der Waals surface area contributed by atoms with Gasteiger partial charge in [0.15, 0.2) is 0 Å². The summed E-state index contributed by atoms with van der Waals surface area (Å²) in [5.41, 5.74) is 0. The zero-order valence-electron chi connectivity index (χ0n) is 14.9. The van der Waals surface area contributed by atoms with Crippen LogP contribution in [0, 0.1) is 23.7 Å². The molecule has 2 nitrogen and oxygen atoms in total. The lowest BCUT2D eigenvalue weighted by Gasteiger charge is -2.41. The first kappa shape index (κ1) is 17.3. The van der Waals surface area contributed by atoms with Gasteiger partial charge in [-0.1, -0.05) is 34.1 Å². The van der Waals surface area contributed by atoms with E-state index in [0.717, 1.165) is 36.3 Å². The Kier molecular flexibility index (Phi) is 7.01. The third-order valence-corrected chi connectivity index (χ3v) is 6.20. The Hall–Kier alpha value is -0.0800. The lowest BCUT2D eigenvalue weighted by Crippen LogP contribution is -2.47. The van der Waals surface area contributed by atoms with E-state index in [0.29, 0.717) is 0 Å². The molecule has 3 atom stereocenters. The second-order valence-electron chi connectivity index (χ2n) is 7.89. The normalized spacial score (nSPS) is 32.7. The summed E-state index contributed by atoms with van der Waals surface area (Å²) in [6.45, 7) is 14.6. The highest BCUT2D eigenvalue weighted by Gasteiger charge is 2.31. The van der Waals surface area contributed by atoms with Crippen molar-refractivity contribution < 1.29 is 0 Å². The van der Waals surface area contributed by atoms with Crippen molar-refractivity contribution in [3.63, 3.8) is 0 Å². The molecule has 2 rings (SSSR count). The predicted molar refractivity (Wildman–Crippen MR) is 92.6 cm³/mol. The van der Waals surface area contributed by atoms with Crippen LogP contribution in [0.2, 0.25) is 0 Å². The molecule has 21 heavy (non-hydrogen) atoms. The van der Waals surface area contributed by atoms with Crippen molar-refractivity contribution in [2.75, 3.05) is 26.2 Å². The van der Waals surface area contributed by atoms with Gasteiger partial charge in [0.05, 0.1) is 0 Å². The molecule has 1 heterocycles. The first-order chi connectivity index (χ1) is 10.1. The van der Waals surface area contributed by atoms with E-state index >= 15 is 0 Å². The summed E-state index contributed by atoms with van der Waals surface area (Å²) in [4.78, 5) is 2.77. The second-order valence-corrected chi connectivity index (χ2v) is 7.89. The van der Waals surface area contributed by atoms with Gasteiger partial charge >= 0.3 is 0 Å². The van der Waals surface area contributed by atoms with Crippen LogP contribution in [0.5, 0.6) is 0 Å². The second kappa shape index (κ2) is 8.53. The van der Waals surface area contributed by atoms with Crippen molar-refractivity contribution >= 4 is 0 Å². The van der Waals surface area contributed by atoms with Gasteiger partial charge in [-0.3, -0.25) is 0 Å². The van der Waals surface area contributed by atoms with Crippen LogP contribution in [0.15, 0.2) is 0 Å². The molecular formula is C19H38N2. The van der Waals surface area contributed by atoms with E-state index in [4.69, 9.17) is 0 Å². The molecule has 0 radical (unpaired) electrons.